The number of para-hydroxylation sites is 1. The van der Waals surface area contributed by atoms with Crippen molar-refractivity contribution in [2.75, 3.05) is 0 Å². The Labute approximate surface area is 87.1 Å². The summed E-state index contributed by atoms with van der Waals surface area (Å²) >= 11 is 0. The van der Waals surface area contributed by atoms with Gasteiger partial charge >= 0.3 is 0 Å². The number of hydrogen-bond acceptors (Lipinski definition) is 1. The maximum absolute atomic E-state index is 5.90. The second-order valence-electron chi connectivity index (χ2n) is 4.28. The lowest BCUT2D eigenvalue weighted by Crippen LogP contribution is -2.27. The first kappa shape index (κ1) is 11.1. The van der Waals surface area contributed by atoms with Gasteiger partial charge in [-0.3, -0.25) is 0 Å². The Morgan fingerprint density at radius 2 is 1.79 bits per heavy atom. The molecule has 0 bridgehead atoms. The van der Waals surface area contributed by atoms with Gasteiger partial charge in [0.1, 0.15) is 11.4 Å². The summed E-state index contributed by atoms with van der Waals surface area (Å²) in [5.74, 6) is 0.966. The van der Waals surface area contributed by atoms with Gasteiger partial charge in [0.05, 0.1) is 0 Å². The van der Waals surface area contributed by atoms with Crippen molar-refractivity contribution in [2.24, 2.45) is 0 Å². The van der Waals surface area contributed by atoms with E-state index in [2.05, 4.69) is 20.8 Å². The fourth-order valence-electron chi connectivity index (χ4n) is 1.46. The monoisotopic (exact) mass is 192 g/mol. The van der Waals surface area contributed by atoms with E-state index in [1.54, 1.807) is 0 Å². The Kier molecular flexibility index (Phi) is 3.99. The second-order valence-corrected chi connectivity index (χ2v) is 4.28. The average Bonchev–Trinajstić information content (AvgIpc) is 2.16. The van der Waals surface area contributed by atoms with Crippen LogP contribution >= 0.6 is 0 Å². The second kappa shape index (κ2) is 5.04. The molecular weight excluding hydrogens is 172 g/mol. The van der Waals surface area contributed by atoms with Crippen LogP contribution in [0.3, 0.4) is 0 Å². The molecule has 1 nitrogen and oxygen atoms in total. The zero-order chi connectivity index (χ0) is 10.4. The molecule has 0 amide bonds. The highest BCUT2D eigenvalue weighted by atomic mass is 16.5. The highest BCUT2D eigenvalue weighted by Gasteiger charge is 2.18. The largest absolute Gasteiger partial charge is 0.488 e. The summed E-state index contributed by atoms with van der Waals surface area (Å²) in [5, 5.41) is 0. The maximum Gasteiger partial charge on any atom is 0.120 e. The van der Waals surface area contributed by atoms with Gasteiger partial charge in [-0.15, -0.1) is 0 Å². The Hall–Kier alpha value is -0.980. The van der Waals surface area contributed by atoms with Gasteiger partial charge < -0.3 is 4.74 Å². The summed E-state index contributed by atoms with van der Waals surface area (Å²) in [4.78, 5) is 0. The molecule has 0 heterocycles. The van der Waals surface area contributed by atoms with E-state index in [0.717, 1.165) is 12.2 Å². The molecule has 0 saturated heterocycles. The Bertz CT molecular complexity index is 251. The predicted molar refractivity (Wildman–Crippen MR) is 60.7 cm³/mol. The van der Waals surface area contributed by atoms with E-state index in [-0.39, 0.29) is 5.60 Å². The van der Waals surface area contributed by atoms with Crippen LogP contribution in [0.1, 0.15) is 40.0 Å². The topological polar surface area (TPSA) is 9.23 Å². The van der Waals surface area contributed by atoms with Crippen LogP contribution in [0.4, 0.5) is 0 Å². The molecule has 0 radical (unpaired) electrons. The maximum atomic E-state index is 5.90. The van der Waals surface area contributed by atoms with Crippen LogP contribution in [0.2, 0.25) is 0 Å². The van der Waals surface area contributed by atoms with Gasteiger partial charge in [0.15, 0.2) is 0 Å². The Morgan fingerprint density at radius 1 is 1.14 bits per heavy atom. The highest BCUT2D eigenvalue weighted by Crippen LogP contribution is 2.22. The SMILES string of the molecule is CCCCC(C)(C)Oc1ccccc1. The van der Waals surface area contributed by atoms with Crippen LogP contribution in [0.25, 0.3) is 0 Å². The number of benzene rings is 1. The van der Waals surface area contributed by atoms with Gasteiger partial charge in [0.2, 0.25) is 0 Å². The fraction of sp³-hybridized carbons (Fsp3) is 0.538. The third-order valence-corrected chi connectivity index (χ3v) is 2.27. The number of unbranched alkanes of at least 4 members (excludes halogenated alkanes) is 1. The first-order valence-corrected chi connectivity index (χ1v) is 5.38. The molecular formula is C13H20O. The predicted octanol–water partition coefficient (Wildman–Crippen LogP) is 4.03. The molecule has 0 aromatic heterocycles. The van der Waals surface area contributed by atoms with Crippen molar-refractivity contribution in [3.8, 4) is 5.75 Å². The van der Waals surface area contributed by atoms with Crippen molar-refractivity contribution in [3.05, 3.63) is 30.3 Å². The Morgan fingerprint density at radius 3 is 2.36 bits per heavy atom. The minimum atomic E-state index is -0.0443. The third-order valence-electron chi connectivity index (χ3n) is 2.27. The molecule has 14 heavy (non-hydrogen) atoms. The molecule has 78 valence electrons. The number of rotatable bonds is 5. The average molecular weight is 192 g/mol. The van der Waals surface area contributed by atoms with Crippen molar-refractivity contribution < 1.29 is 4.74 Å². The molecule has 0 saturated carbocycles. The van der Waals surface area contributed by atoms with Crippen LogP contribution in [0.15, 0.2) is 30.3 Å². The van der Waals surface area contributed by atoms with E-state index in [4.69, 9.17) is 4.74 Å². The molecule has 0 fully saturated rings. The zero-order valence-electron chi connectivity index (χ0n) is 9.42. The quantitative estimate of drug-likeness (QED) is 0.684. The molecule has 0 unspecified atom stereocenters. The minimum absolute atomic E-state index is 0.0443. The lowest BCUT2D eigenvalue weighted by Gasteiger charge is -2.26. The van der Waals surface area contributed by atoms with Crippen molar-refractivity contribution >= 4 is 0 Å². The van der Waals surface area contributed by atoms with E-state index < -0.39 is 0 Å². The van der Waals surface area contributed by atoms with E-state index in [9.17, 15) is 0 Å². The van der Waals surface area contributed by atoms with Crippen LogP contribution in [0, 0.1) is 0 Å². The molecule has 0 N–H and O–H groups in total. The van der Waals surface area contributed by atoms with Gasteiger partial charge in [0, 0.05) is 0 Å². The van der Waals surface area contributed by atoms with E-state index >= 15 is 0 Å². The first-order valence-electron chi connectivity index (χ1n) is 5.38. The standard InChI is InChI=1S/C13H20O/c1-4-5-11-13(2,3)14-12-9-7-6-8-10-12/h6-10H,4-5,11H2,1-3H3. The van der Waals surface area contributed by atoms with Crippen LogP contribution in [-0.2, 0) is 0 Å². The molecule has 0 aliphatic rings. The van der Waals surface area contributed by atoms with Crippen LogP contribution in [-0.4, -0.2) is 5.60 Å². The van der Waals surface area contributed by atoms with Crippen molar-refractivity contribution in [3.63, 3.8) is 0 Å². The van der Waals surface area contributed by atoms with Gasteiger partial charge in [0.25, 0.3) is 0 Å². The van der Waals surface area contributed by atoms with E-state index in [0.29, 0.717) is 0 Å². The lowest BCUT2D eigenvalue weighted by molar-refractivity contribution is 0.0967. The molecule has 1 aromatic rings. The summed E-state index contributed by atoms with van der Waals surface area (Å²) in [6.07, 6.45) is 3.56. The lowest BCUT2D eigenvalue weighted by atomic mass is 10.0. The van der Waals surface area contributed by atoms with Gasteiger partial charge in [-0.05, 0) is 38.8 Å². The van der Waals surface area contributed by atoms with Crippen molar-refractivity contribution in [1.29, 1.82) is 0 Å². The zero-order valence-corrected chi connectivity index (χ0v) is 9.42. The highest BCUT2D eigenvalue weighted by molar-refractivity contribution is 5.21. The molecule has 0 aliphatic carbocycles. The summed E-state index contributed by atoms with van der Waals surface area (Å²) < 4.78 is 5.90. The summed E-state index contributed by atoms with van der Waals surface area (Å²) in [5.41, 5.74) is -0.0443. The minimum Gasteiger partial charge on any atom is -0.488 e. The van der Waals surface area contributed by atoms with E-state index in [1.807, 2.05) is 30.3 Å². The summed E-state index contributed by atoms with van der Waals surface area (Å²) in [6, 6.07) is 10.0. The van der Waals surface area contributed by atoms with Crippen LogP contribution < -0.4 is 4.74 Å². The number of hydrogen-bond donors (Lipinski definition) is 0. The summed E-state index contributed by atoms with van der Waals surface area (Å²) in [7, 11) is 0. The fourth-order valence-corrected chi connectivity index (χ4v) is 1.46. The van der Waals surface area contributed by atoms with E-state index in [1.165, 1.54) is 12.8 Å². The summed E-state index contributed by atoms with van der Waals surface area (Å²) in [6.45, 7) is 6.50. The first-order chi connectivity index (χ1) is 6.64. The van der Waals surface area contributed by atoms with Gasteiger partial charge in [-0.2, -0.15) is 0 Å². The normalized spacial score (nSPS) is 11.4. The molecule has 1 aromatic carbocycles. The smallest absolute Gasteiger partial charge is 0.120 e. The van der Waals surface area contributed by atoms with Crippen molar-refractivity contribution in [2.45, 2.75) is 45.6 Å². The molecule has 1 heteroatoms. The van der Waals surface area contributed by atoms with Crippen molar-refractivity contribution in [1.82, 2.24) is 0 Å². The molecule has 0 aliphatic heterocycles. The van der Waals surface area contributed by atoms with Gasteiger partial charge in [-0.1, -0.05) is 31.5 Å². The van der Waals surface area contributed by atoms with Gasteiger partial charge in [-0.25, -0.2) is 0 Å². The number of ether oxygens (including phenoxy) is 1. The molecule has 1 rings (SSSR count). The third kappa shape index (κ3) is 3.82. The molecule has 0 spiro atoms. The van der Waals surface area contributed by atoms with Crippen LogP contribution in [0.5, 0.6) is 5.75 Å². The molecule has 0 atom stereocenters. The Balaban J connectivity index is 2.50.